The summed E-state index contributed by atoms with van der Waals surface area (Å²) in [4.78, 5) is 10.1. The van der Waals surface area contributed by atoms with Crippen molar-refractivity contribution in [2.45, 2.75) is 0 Å². The lowest BCUT2D eigenvalue weighted by molar-refractivity contribution is -0.384. The van der Waals surface area contributed by atoms with Crippen LogP contribution >= 0.6 is 0 Å². The van der Waals surface area contributed by atoms with Crippen molar-refractivity contribution in [3.05, 3.63) is 75.3 Å². The van der Waals surface area contributed by atoms with E-state index in [9.17, 15) is 10.1 Å². The van der Waals surface area contributed by atoms with Crippen molar-refractivity contribution in [2.75, 3.05) is 0 Å². The van der Waals surface area contributed by atoms with E-state index < -0.39 is 4.92 Å². The molecular weight excluding hydrogens is 240 g/mol. The molecule has 2 aromatic carbocycles. The molecule has 0 heterocycles. The van der Waals surface area contributed by atoms with Gasteiger partial charge in [0.2, 0.25) is 0 Å². The average Bonchev–Trinajstić information content (AvgIpc) is 2.45. The third kappa shape index (κ3) is 2.96. The number of nitro benzene ring substituents is 1. The summed E-state index contributed by atoms with van der Waals surface area (Å²) in [6, 6.07) is 15.3. The first-order valence-corrected chi connectivity index (χ1v) is 5.46. The molecule has 0 spiro atoms. The van der Waals surface area contributed by atoms with Crippen LogP contribution in [0.15, 0.2) is 48.5 Å². The van der Waals surface area contributed by atoms with Crippen molar-refractivity contribution in [1.82, 2.24) is 0 Å². The topological polar surface area (TPSA) is 66.9 Å². The molecule has 2 aromatic rings. The smallest absolute Gasteiger partial charge is 0.258 e. The number of nitrogens with zero attached hydrogens (tertiary/aromatic N) is 2. The fourth-order valence-corrected chi connectivity index (χ4v) is 1.51. The number of nitriles is 1. The van der Waals surface area contributed by atoms with Crippen molar-refractivity contribution in [2.24, 2.45) is 0 Å². The summed E-state index contributed by atoms with van der Waals surface area (Å²) in [6.07, 6.45) is 0. The number of hydrogen-bond acceptors (Lipinski definition) is 3. The van der Waals surface area contributed by atoms with Crippen molar-refractivity contribution in [1.29, 1.82) is 5.26 Å². The maximum atomic E-state index is 10.6. The number of nitro groups is 1. The second-order valence-electron chi connectivity index (χ2n) is 3.71. The minimum Gasteiger partial charge on any atom is -0.258 e. The molecular formula is C15H8N2O2. The summed E-state index contributed by atoms with van der Waals surface area (Å²) >= 11 is 0. The van der Waals surface area contributed by atoms with E-state index in [0.29, 0.717) is 5.56 Å². The van der Waals surface area contributed by atoms with Crippen LogP contribution in [-0.4, -0.2) is 4.92 Å². The molecule has 2 rings (SSSR count). The van der Waals surface area contributed by atoms with E-state index in [1.54, 1.807) is 0 Å². The van der Waals surface area contributed by atoms with Crippen molar-refractivity contribution >= 4 is 5.69 Å². The lowest BCUT2D eigenvalue weighted by atomic mass is 10.1. The van der Waals surface area contributed by atoms with Gasteiger partial charge in [0.05, 0.1) is 10.5 Å². The summed E-state index contributed by atoms with van der Waals surface area (Å²) in [5.74, 6) is 5.76. The van der Waals surface area contributed by atoms with Gasteiger partial charge in [0.15, 0.2) is 0 Å². The lowest BCUT2D eigenvalue weighted by Crippen LogP contribution is -1.91. The Morgan fingerprint density at radius 2 is 1.74 bits per heavy atom. The fraction of sp³-hybridized carbons (Fsp3) is 0. The van der Waals surface area contributed by atoms with Crippen LogP contribution in [0.2, 0.25) is 0 Å². The number of non-ortho nitro benzene ring substituents is 1. The first kappa shape index (κ1) is 12.3. The molecule has 0 saturated carbocycles. The number of hydrogen-bond donors (Lipinski definition) is 0. The SMILES string of the molecule is N#Cc1cc([N+](=O)[O-])ccc1C#Cc1ccccc1. The Labute approximate surface area is 110 Å². The van der Waals surface area contributed by atoms with Gasteiger partial charge in [-0.3, -0.25) is 10.1 Å². The molecule has 0 aliphatic carbocycles. The third-order valence-corrected chi connectivity index (χ3v) is 2.45. The summed E-state index contributed by atoms with van der Waals surface area (Å²) in [5.41, 5.74) is 1.40. The molecule has 4 heteroatoms. The highest BCUT2D eigenvalue weighted by atomic mass is 16.6. The van der Waals surface area contributed by atoms with E-state index in [2.05, 4.69) is 11.8 Å². The minimum absolute atomic E-state index is 0.109. The van der Waals surface area contributed by atoms with Gasteiger partial charge in [-0.15, -0.1) is 0 Å². The number of benzene rings is 2. The van der Waals surface area contributed by atoms with Crippen LogP contribution in [0.5, 0.6) is 0 Å². The van der Waals surface area contributed by atoms with E-state index in [4.69, 9.17) is 5.26 Å². The molecule has 0 unspecified atom stereocenters. The van der Waals surface area contributed by atoms with Gasteiger partial charge in [-0.05, 0) is 18.2 Å². The quantitative estimate of drug-likeness (QED) is 0.442. The largest absolute Gasteiger partial charge is 0.270 e. The first-order chi connectivity index (χ1) is 9.20. The van der Waals surface area contributed by atoms with E-state index in [1.165, 1.54) is 18.2 Å². The second-order valence-corrected chi connectivity index (χ2v) is 3.71. The summed E-state index contributed by atoms with van der Waals surface area (Å²) < 4.78 is 0. The molecule has 0 aliphatic rings. The zero-order chi connectivity index (χ0) is 13.7. The van der Waals surface area contributed by atoms with E-state index in [0.717, 1.165) is 5.56 Å². The van der Waals surface area contributed by atoms with Gasteiger partial charge in [0.1, 0.15) is 6.07 Å². The summed E-state index contributed by atoms with van der Waals surface area (Å²) in [7, 11) is 0. The molecule has 0 bridgehead atoms. The zero-order valence-electron chi connectivity index (χ0n) is 9.83. The van der Waals surface area contributed by atoms with Gasteiger partial charge < -0.3 is 0 Å². The Kier molecular flexibility index (Phi) is 3.56. The van der Waals surface area contributed by atoms with Crippen LogP contribution in [-0.2, 0) is 0 Å². The van der Waals surface area contributed by atoms with Gasteiger partial charge in [0, 0.05) is 23.3 Å². The number of rotatable bonds is 1. The second kappa shape index (κ2) is 5.48. The van der Waals surface area contributed by atoms with E-state index in [-0.39, 0.29) is 11.3 Å². The van der Waals surface area contributed by atoms with E-state index >= 15 is 0 Å². The Bertz CT molecular complexity index is 719. The third-order valence-electron chi connectivity index (χ3n) is 2.45. The summed E-state index contributed by atoms with van der Waals surface area (Å²) in [6.45, 7) is 0. The highest BCUT2D eigenvalue weighted by Gasteiger charge is 2.08. The van der Waals surface area contributed by atoms with Crippen LogP contribution < -0.4 is 0 Å². The van der Waals surface area contributed by atoms with Gasteiger partial charge >= 0.3 is 0 Å². The molecule has 0 saturated heterocycles. The lowest BCUT2D eigenvalue weighted by Gasteiger charge is -1.95. The van der Waals surface area contributed by atoms with Gasteiger partial charge in [-0.1, -0.05) is 30.0 Å². The standard InChI is InChI=1S/C15H8N2O2/c16-11-14-10-15(17(18)19)9-8-13(14)7-6-12-4-2-1-3-5-12/h1-5,8-10H. The molecule has 19 heavy (non-hydrogen) atoms. The van der Waals surface area contributed by atoms with Crippen LogP contribution in [0, 0.1) is 33.3 Å². The Morgan fingerprint density at radius 1 is 1.00 bits per heavy atom. The first-order valence-electron chi connectivity index (χ1n) is 5.46. The molecule has 0 radical (unpaired) electrons. The maximum absolute atomic E-state index is 10.6. The van der Waals surface area contributed by atoms with Crippen molar-refractivity contribution in [3.63, 3.8) is 0 Å². The monoisotopic (exact) mass is 248 g/mol. The van der Waals surface area contributed by atoms with Gasteiger partial charge in [0.25, 0.3) is 5.69 Å². The maximum Gasteiger partial charge on any atom is 0.270 e. The normalized spacial score (nSPS) is 9.00. The van der Waals surface area contributed by atoms with Gasteiger partial charge in [-0.25, -0.2) is 0 Å². The Balaban J connectivity index is 2.40. The minimum atomic E-state index is -0.532. The van der Waals surface area contributed by atoms with Crippen LogP contribution in [0.1, 0.15) is 16.7 Å². The van der Waals surface area contributed by atoms with Gasteiger partial charge in [-0.2, -0.15) is 5.26 Å². The Morgan fingerprint density at radius 3 is 2.37 bits per heavy atom. The van der Waals surface area contributed by atoms with Crippen LogP contribution in [0.25, 0.3) is 0 Å². The molecule has 0 N–H and O–H groups in total. The predicted octanol–water partition coefficient (Wildman–Crippen LogP) is 2.87. The highest BCUT2D eigenvalue weighted by Crippen LogP contribution is 2.16. The molecule has 0 amide bonds. The average molecular weight is 248 g/mol. The Hall–Kier alpha value is -3.11. The molecule has 0 atom stereocenters. The van der Waals surface area contributed by atoms with Crippen molar-refractivity contribution in [3.8, 4) is 17.9 Å². The highest BCUT2D eigenvalue weighted by molar-refractivity contribution is 5.54. The fourth-order valence-electron chi connectivity index (χ4n) is 1.51. The predicted molar refractivity (Wildman–Crippen MR) is 70.2 cm³/mol. The molecule has 90 valence electrons. The molecule has 0 fully saturated rings. The molecule has 0 aromatic heterocycles. The van der Waals surface area contributed by atoms with Crippen LogP contribution in [0.4, 0.5) is 5.69 Å². The molecule has 4 nitrogen and oxygen atoms in total. The zero-order valence-corrected chi connectivity index (χ0v) is 9.83. The summed E-state index contributed by atoms with van der Waals surface area (Å²) in [5, 5.41) is 19.6. The van der Waals surface area contributed by atoms with E-state index in [1.807, 2.05) is 36.4 Å². The van der Waals surface area contributed by atoms with Crippen molar-refractivity contribution < 1.29 is 4.92 Å². The van der Waals surface area contributed by atoms with Crippen LogP contribution in [0.3, 0.4) is 0 Å². The molecule has 0 aliphatic heterocycles.